The van der Waals surface area contributed by atoms with Gasteiger partial charge in [0.25, 0.3) is 0 Å². The van der Waals surface area contributed by atoms with Gasteiger partial charge in [-0.2, -0.15) is 0 Å². The zero-order valence-corrected chi connectivity index (χ0v) is 15.1. The van der Waals surface area contributed by atoms with Crippen molar-refractivity contribution < 1.29 is 0 Å². The van der Waals surface area contributed by atoms with E-state index < -0.39 is 0 Å². The van der Waals surface area contributed by atoms with Gasteiger partial charge in [-0.1, -0.05) is 53.5 Å². The number of benzene rings is 3. The molecule has 3 aromatic rings. The van der Waals surface area contributed by atoms with Crippen molar-refractivity contribution in [1.82, 2.24) is 0 Å². The van der Waals surface area contributed by atoms with Crippen molar-refractivity contribution in [2.24, 2.45) is 5.73 Å². The molecule has 1 nitrogen and oxygen atoms in total. The van der Waals surface area contributed by atoms with Gasteiger partial charge in [-0.25, -0.2) is 0 Å². The maximum absolute atomic E-state index is 5.62. The molecule has 2 N–H and O–H groups in total. The molecule has 0 saturated carbocycles. The lowest BCUT2D eigenvalue weighted by molar-refractivity contribution is 1.07. The maximum atomic E-state index is 5.62. The van der Waals surface area contributed by atoms with Crippen molar-refractivity contribution in [3.05, 3.63) is 106 Å². The normalized spacial score (nSPS) is 9.65. The lowest BCUT2D eigenvalue weighted by atomic mass is 10.0. The van der Waals surface area contributed by atoms with Gasteiger partial charge < -0.3 is 5.73 Å². The first-order valence-corrected chi connectivity index (χ1v) is 8.64. The van der Waals surface area contributed by atoms with E-state index in [1.54, 1.807) is 0 Å². The second-order valence-corrected chi connectivity index (χ2v) is 6.30. The van der Waals surface area contributed by atoms with E-state index in [1.165, 1.54) is 5.56 Å². The van der Waals surface area contributed by atoms with Crippen LogP contribution in [0.15, 0.2) is 66.7 Å². The number of hydrogen-bond donors (Lipinski definition) is 1. The van der Waals surface area contributed by atoms with Gasteiger partial charge in [0.1, 0.15) is 0 Å². The highest BCUT2D eigenvalue weighted by Gasteiger charge is 1.96. The maximum Gasteiger partial charge on any atom is 0.0279 e. The fourth-order valence-corrected chi connectivity index (χ4v) is 2.53. The minimum absolute atomic E-state index is 0.553. The van der Waals surface area contributed by atoms with Crippen LogP contribution in [0.4, 0.5) is 0 Å². The van der Waals surface area contributed by atoms with Crippen LogP contribution in [0.1, 0.15) is 38.9 Å². The smallest absolute Gasteiger partial charge is 0.0279 e. The number of rotatable bonds is 1. The predicted molar refractivity (Wildman–Crippen MR) is 109 cm³/mol. The molecule has 0 aromatic heterocycles. The van der Waals surface area contributed by atoms with Crippen LogP contribution in [-0.4, -0.2) is 0 Å². The van der Waals surface area contributed by atoms with Crippen molar-refractivity contribution in [2.45, 2.75) is 20.4 Å². The monoisotopic (exact) mass is 335 g/mol. The third-order valence-electron chi connectivity index (χ3n) is 4.16. The summed E-state index contributed by atoms with van der Waals surface area (Å²) in [6.07, 6.45) is 0. The van der Waals surface area contributed by atoms with Gasteiger partial charge in [-0.3, -0.25) is 0 Å². The molecule has 0 heterocycles. The summed E-state index contributed by atoms with van der Waals surface area (Å²) < 4.78 is 0. The van der Waals surface area contributed by atoms with E-state index in [4.69, 9.17) is 5.73 Å². The Morgan fingerprint density at radius 2 is 1.19 bits per heavy atom. The Hall–Kier alpha value is -3.26. The largest absolute Gasteiger partial charge is 0.326 e. The average Bonchev–Trinajstić information content (AvgIpc) is 2.67. The molecule has 26 heavy (non-hydrogen) atoms. The standard InChI is InChI=1S/C25H21N/c1-19-3-5-21(6-4-19)7-10-23-14-16-25(20(2)17-23)15-13-22-8-11-24(18-26)12-9-22/h3-6,8-9,11-12,14,16-17H,18,26H2,1-2H3. The van der Waals surface area contributed by atoms with E-state index >= 15 is 0 Å². The zero-order chi connectivity index (χ0) is 18.4. The Bertz CT molecular complexity index is 1020. The average molecular weight is 335 g/mol. The highest BCUT2D eigenvalue weighted by atomic mass is 14.5. The fourth-order valence-electron chi connectivity index (χ4n) is 2.53. The Morgan fingerprint density at radius 3 is 1.81 bits per heavy atom. The van der Waals surface area contributed by atoms with E-state index in [1.807, 2.05) is 48.5 Å². The predicted octanol–water partition coefficient (Wildman–Crippen LogP) is 4.56. The quantitative estimate of drug-likeness (QED) is 0.648. The lowest BCUT2D eigenvalue weighted by Gasteiger charge is -1.99. The first-order chi connectivity index (χ1) is 12.6. The molecule has 3 aromatic carbocycles. The first-order valence-electron chi connectivity index (χ1n) is 8.64. The highest BCUT2D eigenvalue weighted by molar-refractivity contribution is 5.51. The van der Waals surface area contributed by atoms with E-state index in [2.05, 4.69) is 55.7 Å². The Balaban J connectivity index is 1.78. The van der Waals surface area contributed by atoms with Crippen molar-refractivity contribution in [1.29, 1.82) is 0 Å². The van der Waals surface area contributed by atoms with Crippen LogP contribution in [0, 0.1) is 37.5 Å². The van der Waals surface area contributed by atoms with Crippen LogP contribution in [0.5, 0.6) is 0 Å². The van der Waals surface area contributed by atoms with Crippen LogP contribution >= 0.6 is 0 Å². The van der Waals surface area contributed by atoms with E-state index in [0.717, 1.165) is 33.4 Å². The molecule has 1 heteroatoms. The second-order valence-electron chi connectivity index (χ2n) is 6.30. The zero-order valence-electron chi connectivity index (χ0n) is 15.1. The minimum atomic E-state index is 0.553. The molecule has 0 atom stereocenters. The summed E-state index contributed by atoms with van der Waals surface area (Å²) in [7, 11) is 0. The summed E-state index contributed by atoms with van der Waals surface area (Å²) in [6.45, 7) is 4.70. The van der Waals surface area contributed by atoms with Crippen LogP contribution in [0.3, 0.4) is 0 Å². The van der Waals surface area contributed by atoms with Gasteiger partial charge in [0.2, 0.25) is 0 Å². The molecule has 0 amide bonds. The van der Waals surface area contributed by atoms with Gasteiger partial charge in [-0.15, -0.1) is 0 Å². The summed E-state index contributed by atoms with van der Waals surface area (Å²) in [5.41, 5.74) is 13.1. The molecule has 126 valence electrons. The van der Waals surface area contributed by atoms with E-state index in [-0.39, 0.29) is 0 Å². The fraction of sp³-hybridized carbons (Fsp3) is 0.120. The third kappa shape index (κ3) is 4.64. The van der Waals surface area contributed by atoms with E-state index in [9.17, 15) is 0 Å². The molecule has 0 spiro atoms. The highest BCUT2D eigenvalue weighted by Crippen LogP contribution is 2.11. The van der Waals surface area contributed by atoms with Crippen LogP contribution < -0.4 is 5.73 Å². The summed E-state index contributed by atoms with van der Waals surface area (Å²) in [5.74, 6) is 12.9. The number of aryl methyl sites for hydroxylation is 2. The Morgan fingerprint density at radius 1 is 0.654 bits per heavy atom. The molecule has 0 aliphatic rings. The molecule has 0 radical (unpaired) electrons. The molecule has 0 fully saturated rings. The van der Waals surface area contributed by atoms with E-state index in [0.29, 0.717) is 6.54 Å². The molecule has 0 aliphatic carbocycles. The van der Waals surface area contributed by atoms with Crippen molar-refractivity contribution in [3.8, 4) is 23.7 Å². The molecular weight excluding hydrogens is 314 g/mol. The first kappa shape index (κ1) is 17.6. The summed E-state index contributed by atoms with van der Waals surface area (Å²) in [5, 5.41) is 0. The molecule has 0 bridgehead atoms. The van der Waals surface area contributed by atoms with Crippen LogP contribution in [0.2, 0.25) is 0 Å². The SMILES string of the molecule is Cc1ccc(C#Cc2ccc(C#Cc3ccc(CN)cc3)c(C)c2)cc1. The third-order valence-corrected chi connectivity index (χ3v) is 4.16. The molecule has 3 rings (SSSR count). The summed E-state index contributed by atoms with van der Waals surface area (Å²) in [4.78, 5) is 0. The number of nitrogens with two attached hydrogens (primary N) is 1. The molecule has 0 saturated heterocycles. The molecular formula is C25H21N. The van der Waals surface area contributed by atoms with Crippen molar-refractivity contribution >= 4 is 0 Å². The van der Waals surface area contributed by atoms with Crippen molar-refractivity contribution in [3.63, 3.8) is 0 Å². The topological polar surface area (TPSA) is 26.0 Å². The Labute approximate surface area is 155 Å². The second kappa shape index (κ2) is 8.21. The minimum Gasteiger partial charge on any atom is -0.326 e. The lowest BCUT2D eigenvalue weighted by Crippen LogP contribution is -1.95. The van der Waals surface area contributed by atoms with Crippen molar-refractivity contribution in [2.75, 3.05) is 0 Å². The van der Waals surface area contributed by atoms with Gasteiger partial charge in [0, 0.05) is 28.8 Å². The molecule has 0 unspecified atom stereocenters. The van der Waals surface area contributed by atoms with Crippen LogP contribution in [-0.2, 0) is 6.54 Å². The van der Waals surface area contributed by atoms with Crippen LogP contribution in [0.25, 0.3) is 0 Å². The molecule has 0 aliphatic heterocycles. The van der Waals surface area contributed by atoms with Gasteiger partial charge in [0.15, 0.2) is 0 Å². The Kier molecular flexibility index (Phi) is 5.55. The summed E-state index contributed by atoms with van der Waals surface area (Å²) in [6, 6.07) is 22.4. The van der Waals surface area contributed by atoms with Gasteiger partial charge >= 0.3 is 0 Å². The van der Waals surface area contributed by atoms with Gasteiger partial charge in [0.05, 0.1) is 0 Å². The number of hydrogen-bond acceptors (Lipinski definition) is 1. The summed E-state index contributed by atoms with van der Waals surface area (Å²) >= 11 is 0. The van der Waals surface area contributed by atoms with Gasteiger partial charge in [-0.05, 0) is 67.4 Å².